The summed E-state index contributed by atoms with van der Waals surface area (Å²) < 4.78 is 2.07. The van der Waals surface area contributed by atoms with Crippen molar-refractivity contribution in [1.29, 1.82) is 0 Å². The number of nitrogens with two attached hydrogens (primary N) is 1. The Morgan fingerprint density at radius 1 is 0.871 bits per heavy atom. The second kappa shape index (κ2) is 6.72. The number of hydrogen-bond donors (Lipinski definition) is 1. The van der Waals surface area contributed by atoms with Gasteiger partial charge in [-0.05, 0) is 55.5 Å². The molecule has 1 aliphatic carbocycles. The third kappa shape index (κ3) is 2.85. The van der Waals surface area contributed by atoms with E-state index in [9.17, 15) is 0 Å². The predicted molar refractivity (Wildman–Crippen MR) is 124 cm³/mol. The van der Waals surface area contributed by atoms with E-state index in [0.717, 1.165) is 57.7 Å². The number of fused-ring (bicyclic) bond motifs is 3. The van der Waals surface area contributed by atoms with Crippen LogP contribution in [-0.4, -0.2) is 19.6 Å². The van der Waals surface area contributed by atoms with Gasteiger partial charge in [0.05, 0.1) is 16.7 Å². The molecule has 31 heavy (non-hydrogen) atoms. The molecule has 5 heteroatoms. The van der Waals surface area contributed by atoms with Crippen molar-refractivity contribution in [3.8, 4) is 22.4 Å². The average molecular weight is 406 g/mol. The lowest BCUT2D eigenvalue weighted by Crippen LogP contribution is -2.43. The highest BCUT2D eigenvalue weighted by molar-refractivity contribution is 5.91. The van der Waals surface area contributed by atoms with Crippen molar-refractivity contribution in [3.63, 3.8) is 0 Å². The summed E-state index contributed by atoms with van der Waals surface area (Å²) in [4.78, 5) is 5.11. The molecule has 152 valence electrons. The van der Waals surface area contributed by atoms with Crippen LogP contribution < -0.4 is 5.73 Å². The first-order valence-electron chi connectivity index (χ1n) is 10.7. The summed E-state index contributed by atoms with van der Waals surface area (Å²) >= 11 is 0. The van der Waals surface area contributed by atoms with E-state index >= 15 is 0 Å². The lowest BCUT2D eigenvalue weighted by molar-refractivity contribution is 0.253. The summed E-state index contributed by atoms with van der Waals surface area (Å²) in [6, 6.07) is 25.3. The minimum Gasteiger partial charge on any atom is -0.321 e. The monoisotopic (exact) mass is 405 g/mol. The molecule has 5 nitrogen and oxygen atoms in total. The Morgan fingerprint density at radius 3 is 2.35 bits per heavy atom. The molecule has 1 aliphatic rings. The Hall–Kier alpha value is -3.57. The van der Waals surface area contributed by atoms with E-state index in [4.69, 9.17) is 10.7 Å². The molecular formula is C26H23N5. The molecule has 0 spiro atoms. The summed E-state index contributed by atoms with van der Waals surface area (Å²) in [7, 11) is 0. The third-order valence-corrected chi connectivity index (χ3v) is 6.58. The molecule has 3 aromatic heterocycles. The highest BCUT2D eigenvalue weighted by Crippen LogP contribution is 2.40. The number of benzene rings is 2. The van der Waals surface area contributed by atoms with E-state index in [-0.39, 0.29) is 5.54 Å². The minimum atomic E-state index is -0.158. The molecule has 0 bridgehead atoms. The lowest BCUT2D eigenvalue weighted by Gasteiger charge is -2.38. The van der Waals surface area contributed by atoms with E-state index < -0.39 is 0 Å². The fourth-order valence-electron chi connectivity index (χ4n) is 4.62. The minimum absolute atomic E-state index is 0.158. The van der Waals surface area contributed by atoms with Crippen LogP contribution in [0.5, 0.6) is 0 Å². The van der Waals surface area contributed by atoms with Gasteiger partial charge in [0.15, 0.2) is 5.65 Å². The molecule has 3 heterocycles. The second-order valence-corrected chi connectivity index (χ2v) is 8.52. The number of aromatic nitrogens is 4. The molecule has 6 rings (SSSR count). The van der Waals surface area contributed by atoms with Crippen LogP contribution in [0.15, 0.2) is 72.8 Å². The summed E-state index contributed by atoms with van der Waals surface area (Å²) in [5, 5.41) is 8.52. The van der Waals surface area contributed by atoms with Gasteiger partial charge in [0.25, 0.3) is 0 Å². The molecule has 0 radical (unpaired) electrons. The molecule has 0 unspecified atom stereocenters. The molecule has 1 fully saturated rings. The Kier molecular flexibility index (Phi) is 3.95. The summed E-state index contributed by atoms with van der Waals surface area (Å²) in [5.74, 6) is 0.854. The smallest absolute Gasteiger partial charge is 0.161 e. The van der Waals surface area contributed by atoms with Crippen LogP contribution in [0, 0.1) is 6.92 Å². The fourth-order valence-corrected chi connectivity index (χ4v) is 4.62. The van der Waals surface area contributed by atoms with Gasteiger partial charge in [-0.3, -0.25) is 4.40 Å². The zero-order valence-corrected chi connectivity index (χ0v) is 17.4. The highest BCUT2D eigenvalue weighted by atomic mass is 15.2. The van der Waals surface area contributed by atoms with Crippen molar-refractivity contribution in [2.45, 2.75) is 31.7 Å². The first kappa shape index (κ1) is 18.2. The maximum absolute atomic E-state index is 6.53. The van der Waals surface area contributed by atoms with Crippen molar-refractivity contribution in [2.75, 3.05) is 0 Å². The Balaban J connectivity index is 1.59. The fraction of sp³-hybridized carbons (Fsp3) is 0.192. The average Bonchev–Trinajstić information content (AvgIpc) is 3.18. The molecule has 0 amide bonds. The Labute approximate surface area is 180 Å². The van der Waals surface area contributed by atoms with Crippen molar-refractivity contribution < 1.29 is 0 Å². The predicted octanol–water partition coefficient (Wildman–Crippen LogP) is 5.26. The van der Waals surface area contributed by atoms with Gasteiger partial charge in [0, 0.05) is 16.7 Å². The molecule has 2 N–H and O–H groups in total. The zero-order chi connectivity index (χ0) is 21.0. The molecular weight excluding hydrogens is 382 g/mol. The summed E-state index contributed by atoms with van der Waals surface area (Å²) in [6.07, 6.45) is 3.33. The van der Waals surface area contributed by atoms with Crippen LogP contribution in [0.25, 0.3) is 39.1 Å². The number of pyridine rings is 2. The number of hydrogen-bond acceptors (Lipinski definition) is 4. The van der Waals surface area contributed by atoms with E-state index in [1.54, 1.807) is 0 Å². The largest absolute Gasteiger partial charge is 0.321 e. The Bertz CT molecular complexity index is 1410. The van der Waals surface area contributed by atoms with Gasteiger partial charge < -0.3 is 5.73 Å². The lowest BCUT2D eigenvalue weighted by atomic mass is 9.72. The van der Waals surface area contributed by atoms with Crippen LogP contribution in [0.4, 0.5) is 0 Å². The van der Waals surface area contributed by atoms with E-state index in [1.165, 1.54) is 12.0 Å². The van der Waals surface area contributed by atoms with Crippen LogP contribution in [0.2, 0.25) is 0 Å². The normalized spacial score (nSPS) is 15.3. The molecule has 2 aromatic carbocycles. The SMILES string of the molecule is Cc1nnc2ccc3nc(-c4ccc(C5(N)CCC5)cc4)c(-c4ccccc4)cc3n12. The first-order chi connectivity index (χ1) is 15.1. The number of nitrogens with zero attached hydrogens (tertiary/aromatic N) is 4. The number of aryl methyl sites for hydroxylation is 1. The van der Waals surface area contributed by atoms with Crippen molar-refractivity contribution in [1.82, 2.24) is 19.6 Å². The van der Waals surface area contributed by atoms with Gasteiger partial charge in [-0.2, -0.15) is 0 Å². The van der Waals surface area contributed by atoms with Gasteiger partial charge in [0.2, 0.25) is 0 Å². The number of rotatable bonds is 3. The van der Waals surface area contributed by atoms with Gasteiger partial charge in [-0.15, -0.1) is 10.2 Å². The maximum atomic E-state index is 6.53. The molecule has 5 aromatic rings. The van der Waals surface area contributed by atoms with Gasteiger partial charge in [-0.1, -0.05) is 54.6 Å². The third-order valence-electron chi connectivity index (χ3n) is 6.58. The highest BCUT2D eigenvalue weighted by Gasteiger charge is 2.34. The van der Waals surface area contributed by atoms with Crippen molar-refractivity contribution in [2.24, 2.45) is 5.73 Å². The van der Waals surface area contributed by atoms with Crippen molar-refractivity contribution >= 4 is 16.7 Å². The second-order valence-electron chi connectivity index (χ2n) is 8.52. The standard InChI is InChI=1S/C26H23N5/c1-17-29-30-24-13-12-22-23(31(17)24)16-21(18-6-3-2-4-7-18)25(28-22)19-8-10-20(11-9-19)26(27)14-5-15-26/h2-4,6-13,16H,5,14-15,27H2,1H3. The Morgan fingerprint density at radius 2 is 1.65 bits per heavy atom. The van der Waals surface area contributed by atoms with Crippen LogP contribution in [0.3, 0.4) is 0 Å². The van der Waals surface area contributed by atoms with Crippen molar-refractivity contribution in [3.05, 3.63) is 84.2 Å². The molecule has 1 saturated carbocycles. The van der Waals surface area contributed by atoms with Gasteiger partial charge in [-0.25, -0.2) is 4.98 Å². The quantitative estimate of drug-likeness (QED) is 0.445. The van der Waals surface area contributed by atoms with Crippen LogP contribution >= 0.6 is 0 Å². The zero-order valence-electron chi connectivity index (χ0n) is 17.4. The maximum Gasteiger partial charge on any atom is 0.161 e. The molecule has 0 aliphatic heterocycles. The topological polar surface area (TPSA) is 69.1 Å². The summed E-state index contributed by atoms with van der Waals surface area (Å²) in [5.41, 5.74) is 14.6. The van der Waals surface area contributed by atoms with E-state index in [0.29, 0.717) is 0 Å². The van der Waals surface area contributed by atoms with Gasteiger partial charge in [0.1, 0.15) is 5.82 Å². The van der Waals surface area contributed by atoms with E-state index in [2.05, 4.69) is 69.2 Å². The first-order valence-corrected chi connectivity index (χ1v) is 10.7. The van der Waals surface area contributed by atoms with E-state index in [1.807, 2.05) is 25.1 Å². The van der Waals surface area contributed by atoms with Crippen LogP contribution in [-0.2, 0) is 5.54 Å². The molecule has 0 saturated heterocycles. The van der Waals surface area contributed by atoms with Gasteiger partial charge >= 0.3 is 0 Å². The van der Waals surface area contributed by atoms with Crippen LogP contribution in [0.1, 0.15) is 30.7 Å². The molecule has 0 atom stereocenters. The summed E-state index contributed by atoms with van der Waals surface area (Å²) in [6.45, 7) is 1.97.